The molecule has 1 atom stereocenters. The summed E-state index contributed by atoms with van der Waals surface area (Å²) in [5.74, 6) is -1.06. The predicted molar refractivity (Wildman–Crippen MR) is 118 cm³/mol. The molecule has 0 radical (unpaired) electrons. The fraction of sp³-hybridized carbons (Fsp3) is 0.455. The van der Waals surface area contributed by atoms with Crippen LogP contribution in [0.25, 0.3) is 10.9 Å². The lowest BCUT2D eigenvalue weighted by atomic mass is 10.0. The van der Waals surface area contributed by atoms with Crippen LogP contribution in [0.2, 0.25) is 0 Å². The number of H-pyrrole nitrogens is 1. The van der Waals surface area contributed by atoms with E-state index in [0.717, 1.165) is 40.9 Å². The Hall–Kier alpha value is -3.24. The van der Waals surface area contributed by atoms with Crippen molar-refractivity contribution in [2.24, 2.45) is 5.92 Å². The molecular formula is C22H28N6O4. The van der Waals surface area contributed by atoms with Crippen molar-refractivity contribution in [3.05, 3.63) is 41.3 Å². The smallest absolute Gasteiger partial charge is 0.325 e. The van der Waals surface area contributed by atoms with Gasteiger partial charge in [0.1, 0.15) is 17.4 Å². The van der Waals surface area contributed by atoms with Crippen molar-refractivity contribution < 1.29 is 19.3 Å². The Morgan fingerprint density at radius 2 is 1.97 bits per heavy atom. The number of nitrogens with one attached hydrogen (secondary N) is 2. The van der Waals surface area contributed by atoms with E-state index in [2.05, 4.69) is 25.5 Å². The number of hydrogen-bond acceptors (Lipinski definition) is 7. The molecule has 3 aromatic rings. The third-order valence-corrected chi connectivity index (χ3v) is 5.93. The molecule has 10 nitrogen and oxygen atoms in total. The van der Waals surface area contributed by atoms with Gasteiger partial charge in [0.05, 0.1) is 0 Å². The summed E-state index contributed by atoms with van der Waals surface area (Å²) in [4.78, 5) is 31.6. The Bertz CT molecular complexity index is 1110. The van der Waals surface area contributed by atoms with Crippen LogP contribution in [0.5, 0.6) is 0 Å². The Labute approximate surface area is 185 Å². The van der Waals surface area contributed by atoms with Gasteiger partial charge in [0, 0.05) is 67.0 Å². The van der Waals surface area contributed by atoms with Crippen LogP contribution in [-0.2, 0) is 16.1 Å². The van der Waals surface area contributed by atoms with Crippen molar-refractivity contribution in [2.75, 3.05) is 31.5 Å². The molecule has 3 N–H and O–H groups in total. The molecule has 0 bridgehead atoms. The summed E-state index contributed by atoms with van der Waals surface area (Å²) in [5.41, 5.74) is 3.78. The minimum absolute atomic E-state index is 0.0611. The van der Waals surface area contributed by atoms with E-state index in [0.29, 0.717) is 25.3 Å². The largest absolute Gasteiger partial charge is 0.480 e. The second-order valence-corrected chi connectivity index (χ2v) is 8.50. The standard InChI is InChI=1S/C22H28N6O4/c1-13(2)21(29)24-15-4-5-16-17(11-23-18(16)10-15)20(22(30)31)28-8-6-27(7-9-28)12-19-14(3)25-32-26-19/h4-5,10-11,13,20,23H,6-9,12H2,1-3H3,(H,24,29)(H,30,31)/t20-/m0/s1. The summed E-state index contributed by atoms with van der Waals surface area (Å²) in [7, 11) is 0. The molecule has 170 valence electrons. The number of carbonyl (C=O) groups is 2. The van der Waals surface area contributed by atoms with E-state index in [4.69, 9.17) is 4.63 Å². The number of fused-ring (bicyclic) bond motifs is 1. The number of hydrogen-bond donors (Lipinski definition) is 3. The zero-order valence-electron chi connectivity index (χ0n) is 18.5. The molecule has 1 aliphatic heterocycles. The number of rotatable bonds is 7. The molecule has 10 heteroatoms. The monoisotopic (exact) mass is 440 g/mol. The molecule has 1 fully saturated rings. The third-order valence-electron chi connectivity index (χ3n) is 5.93. The molecule has 1 aliphatic rings. The molecule has 0 spiro atoms. The second kappa shape index (κ2) is 9.09. The van der Waals surface area contributed by atoms with Gasteiger partial charge in [-0.25, -0.2) is 4.63 Å². The van der Waals surface area contributed by atoms with Crippen molar-refractivity contribution in [2.45, 2.75) is 33.4 Å². The number of benzene rings is 1. The van der Waals surface area contributed by atoms with E-state index in [9.17, 15) is 14.7 Å². The lowest BCUT2D eigenvalue weighted by Crippen LogP contribution is -2.48. The van der Waals surface area contributed by atoms with Crippen LogP contribution in [0.4, 0.5) is 5.69 Å². The Kier molecular flexibility index (Phi) is 6.24. The average Bonchev–Trinajstić information content (AvgIpc) is 3.35. The predicted octanol–water partition coefficient (Wildman–Crippen LogP) is 2.40. The Morgan fingerprint density at radius 3 is 2.59 bits per heavy atom. The molecule has 32 heavy (non-hydrogen) atoms. The first-order valence-corrected chi connectivity index (χ1v) is 10.7. The number of carboxylic acid groups (broad SMARTS) is 1. The molecule has 1 amide bonds. The SMILES string of the molecule is Cc1nonc1CN1CCN([C@H](C(=O)O)c2c[nH]c3cc(NC(=O)C(C)C)ccc23)CC1. The first-order chi connectivity index (χ1) is 15.3. The number of aryl methyl sites for hydroxylation is 1. The highest BCUT2D eigenvalue weighted by Gasteiger charge is 2.32. The minimum Gasteiger partial charge on any atom is -0.480 e. The van der Waals surface area contributed by atoms with Crippen LogP contribution in [0.1, 0.15) is 36.8 Å². The summed E-state index contributed by atoms with van der Waals surface area (Å²) >= 11 is 0. The molecule has 1 saturated heterocycles. The number of aromatic nitrogens is 3. The number of carbonyl (C=O) groups excluding carboxylic acids is 1. The Morgan fingerprint density at radius 1 is 1.22 bits per heavy atom. The van der Waals surface area contributed by atoms with Crippen molar-refractivity contribution in [1.82, 2.24) is 25.1 Å². The number of nitrogens with zero attached hydrogens (tertiary/aromatic N) is 4. The van der Waals surface area contributed by atoms with Gasteiger partial charge in [-0.05, 0) is 19.1 Å². The van der Waals surface area contributed by atoms with E-state index in [1.165, 1.54) is 0 Å². The van der Waals surface area contributed by atoms with Crippen molar-refractivity contribution in [3.63, 3.8) is 0 Å². The van der Waals surface area contributed by atoms with E-state index in [1.54, 1.807) is 6.20 Å². The van der Waals surface area contributed by atoms with E-state index in [1.807, 2.05) is 43.9 Å². The maximum Gasteiger partial charge on any atom is 0.325 e. The normalized spacial score (nSPS) is 16.5. The highest BCUT2D eigenvalue weighted by Crippen LogP contribution is 2.31. The van der Waals surface area contributed by atoms with Crippen LogP contribution >= 0.6 is 0 Å². The summed E-state index contributed by atoms with van der Waals surface area (Å²) in [6, 6.07) is 4.76. The first kappa shape index (κ1) is 22.0. The van der Waals surface area contributed by atoms with Gasteiger partial charge in [-0.3, -0.25) is 19.4 Å². The summed E-state index contributed by atoms with van der Waals surface area (Å²) in [6.07, 6.45) is 1.76. The molecule has 4 rings (SSSR count). The van der Waals surface area contributed by atoms with Gasteiger partial charge in [0.2, 0.25) is 5.91 Å². The number of amides is 1. The van der Waals surface area contributed by atoms with E-state index in [-0.39, 0.29) is 11.8 Å². The topological polar surface area (TPSA) is 128 Å². The molecule has 2 aromatic heterocycles. The fourth-order valence-electron chi connectivity index (χ4n) is 4.01. The van der Waals surface area contributed by atoms with Gasteiger partial charge in [-0.2, -0.15) is 0 Å². The number of piperazine rings is 1. The number of anilines is 1. The first-order valence-electron chi connectivity index (χ1n) is 10.7. The lowest BCUT2D eigenvalue weighted by molar-refractivity contribution is -0.144. The van der Waals surface area contributed by atoms with Crippen LogP contribution in [0.15, 0.2) is 29.0 Å². The molecule has 0 aliphatic carbocycles. The van der Waals surface area contributed by atoms with Gasteiger partial charge in [0.25, 0.3) is 0 Å². The average molecular weight is 441 g/mol. The van der Waals surface area contributed by atoms with Crippen LogP contribution < -0.4 is 5.32 Å². The molecule has 0 unspecified atom stereocenters. The maximum atomic E-state index is 12.3. The molecule has 3 heterocycles. The van der Waals surface area contributed by atoms with E-state index < -0.39 is 12.0 Å². The summed E-state index contributed by atoms with van der Waals surface area (Å²) in [5, 5.41) is 21.5. The number of aromatic amines is 1. The van der Waals surface area contributed by atoms with Crippen molar-refractivity contribution in [3.8, 4) is 0 Å². The summed E-state index contributed by atoms with van der Waals surface area (Å²) in [6.45, 7) is 8.86. The van der Waals surface area contributed by atoms with Crippen LogP contribution in [0.3, 0.4) is 0 Å². The van der Waals surface area contributed by atoms with Crippen LogP contribution in [0, 0.1) is 12.8 Å². The quantitative estimate of drug-likeness (QED) is 0.511. The maximum absolute atomic E-state index is 12.3. The van der Waals surface area contributed by atoms with Gasteiger partial charge in [-0.1, -0.05) is 30.2 Å². The van der Waals surface area contributed by atoms with Gasteiger partial charge in [0.15, 0.2) is 0 Å². The van der Waals surface area contributed by atoms with Crippen LogP contribution in [-0.4, -0.2) is 68.3 Å². The molecule has 0 saturated carbocycles. The lowest BCUT2D eigenvalue weighted by Gasteiger charge is -2.37. The second-order valence-electron chi connectivity index (χ2n) is 8.50. The van der Waals surface area contributed by atoms with Gasteiger partial charge in [-0.15, -0.1) is 0 Å². The third kappa shape index (κ3) is 4.51. The zero-order chi connectivity index (χ0) is 22.8. The highest BCUT2D eigenvalue weighted by molar-refractivity contribution is 5.96. The fourth-order valence-corrected chi connectivity index (χ4v) is 4.01. The minimum atomic E-state index is -0.881. The highest BCUT2D eigenvalue weighted by atomic mass is 16.6. The Balaban J connectivity index is 1.49. The van der Waals surface area contributed by atoms with Crippen molar-refractivity contribution in [1.29, 1.82) is 0 Å². The zero-order valence-corrected chi connectivity index (χ0v) is 18.5. The van der Waals surface area contributed by atoms with E-state index >= 15 is 0 Å². The van der Waals surface area contributed by atoms with Crippen molar-refractivity contribution >= 4 is 28.5 Å². The summed E-state index contributed by atoms with van der Waals surface area (Å²) < 4.78 is 4.77. The number of carboxylic acids is 1. The number of aliphatic carboxylic acids is 1. The molecular weight excluding hydrogens is 412 g/mol. The van der Waals surface area contributed by atoms with Gasteiger partial charge < -0.3 is 15.4 Å². The van der Waals surface area contributed by atoms with Gasteiger partial charge >= 0.3 is 5.97 Å². The molecule has 1 aromatic carbocycles.